The zero-order valence-electron chi connectivity index (χ0n) is 11.6. The lowest BCUT2D eigenvalue weighted by Crippen LogP contribution is -2.37. The van der Waals surface area contributed by atoms with Crippen LogP contribution in [0.4, 0.5) is 0 Å². The molecule has 1 aliphatic heterocycles. The first kappa shape index (κ1) is 15.0. The summed E-state index contributed by atoms with van der Waals surface area (Å²) in [6, 6.07) is 3.63. The Hall–Kier alpha value is -0.430. The van der Waals surface area contributed by atoms with Gasteiger partial charge in [-0.15, -0.1) is 11.3 Å². The minimum atomic E-state index is -3.27. The number of rotatable bonds is 5. The first-order chi connectivity index (χ1) is 9.07. The van der Waals surface area contributed by atoms with Crippen LogP contribution in [0.15, 0.2) is 16.3 Å². The Morgan fingerprint density at radius 1 is 1.37 bits per heavy atom. The molecule has 1 saturated heterocycles. The molecule has 19 heavy (non-hydrogen) atoms. The number of nitrogens with zero attached hydrogens (tertiary/aromatic N) is 1. The van der Waals surface area contributed by atoms with Crippen LogP contribution in [0.3, 0.4) is 0 Å². The second kappa shape index (κ2) is 6.35. The molecule has 0 aliphatic carbocycles. The molecule has 108 valence electrons. The van der Waals surface area contributed by atoms with E-state index in [9.17, 15) is 8.42 Å². The molecule has 0 saturated carbocycles. The Morgan fingerprint density at radius 2 is 2.05 bits per heavy atom. The predicted molar refractivity (Wildman–Crippen MR) is 78.9 cm³/mol. The Labute approximate surface area is 119 Å². The van der Waals surface area contributed by atoms with Gasteiger partial charge in [0.15, 0.2) is 0 Å². The summed E-state index contributed by atoms with van der Waals surface area (Å²) in [5.74, 6) is 0.689. The lowest BCUT2D eigenvalue weighted by molar-refractivity contribution is 0.269. The zero-order chi connectivity index (χ0) is 13.9. The van der Waals surface area contributed by atoms with Crippen molar-refractivity contribution in [2.24, 2.45) is 5.92 Å². The van der Waals surface area contributed by atoms with Crippen LogP contribution >= 0.6 is 11.3 Å². The second-order valence-electron chi connectivity index (χ2n) is 5.01. The summed E-state index contributed by atoms with van der Waals surface area (Å²) in [6.07, 6.45) is 3.13. The minimum Gasteiger partial charge on any atom is -0.315 e. The molecule has 1 aliphatic rings. The van der Waals surface area contributed by atoms with Gasteiger partial charge < -0.3 is 5.32 Å². The van der Waals surface area contributed by atoms with Gasteiger partial charge >= 0.3 is 0 Å². The standard InChI is InChI=1S/C13H22N2O2S2/c1-3-11-6-8-15(9-7-11)19(16,17)13-5-4-12(18-13)10-14-2/h4-5,11,14H,3,6-10H2,1-2H3. The highest BCUT2D eigenvalue weighted by atomic mass is 32.2. The van der Waals surface area contributed by atoms with Crippen molar-refractivity contribution in [1.82, 2.24) is 9.62 Å². The van der Waals surface area contributed by atoms with Crippen molar-refractivity contribution in [3.8, 4) is 0 Å². The molecule has 0 bridgehead atoms. The molecular weight excluding hydrogens is 280 g/mol. The zero-order valence-corrected chi connectivity index (χ0v) is 13.2. The van der Waals surface area contributed by atoms with Gasteiger partial charge in [-0.3, -0.25) is 0 Å². The van der Waals surface area contributed by atoms with Crippen LogP contribution in [0.5, 0.6) is 0 Å². The van der Waals surface area contributed by atoms with Crippen molar-refractivity contribution < 1.29 is 8.42 Å². The molecule has 0 spiro atoms. The number of sulfonamides is 1. The molecule has 0 aromatic carbocycles. The average Bonchev–Trinajstić information content (AvgIpc) is 2.89. The van der Waals surface area contributed by atoms with E-state index in [0.29, 0.717) is 23.2 Å². The monoisotopic (exact) mass is 302 g/mol. The molecule has 1 N–H and O–H groups in total. The summed E-state index contributed by atoms with van der Waals surface area (Å²) in [6.45, 7) is 4.23. The lowest BCUT2D eigenvalue weighted by Gasteiger charge is -2.30. The number of hydrogen-bond donors (Lipinski definition) is 1. The smallest absolute Gasteiger partial charge is 0.252 e. The van der Waals surface area contributed by atoms with Crippen LogP contribution in [-0.2, 0) is 16.6 Å². The highest BCUT2D eigenvalue weighted by Crippen LogP contribution is 2.29. The molecule has 1 aromatic heterocycles. The number of hydrogen-bond acceptors (Lipinski definition) is 4. The number of piperidine rings is 1. The lowest BCUT2D eigenvalue weighted by atomic mass is 9.96. The van der Waals surface area contributed by atoms with Gasteiger partial charge in [0.1, 0.15) is 4.21 Å². The maximum Gasteiger partial charge on any atom is 0.252 e. The predicted octanol–water partition coefficient (Wildman–Crippen LogP) is 2.28. The number of thiophene rings is 1. The fourth-order valence-corrected chi connectivity index (χ4v) is 5.44. The molecule has 0 amide bonds. The van der Waals surface area contributed by atoms with E-state index in [1.54, 1.807) is 10.4 Å². The van der Waals surface area contributed by atoms with Crippen LogP contribution in [0.25, 0.3) is 0 Å². The molecule has 1 aromatic rings. The van der Waals surface area contributed by atoms with Crippen molar-refractivity contribution in [2.45, 2.75) is 36.9 Å². The third kappa shape index (κ3) is 3.37. The third-order valence-electron chi connectivity index (χ3n) is 3.73. The van der Waals surface area contributed by atoms with E-state index >= 15 is 0 Å². The van der Waals surface area contributed by atoms with Crippen LogP contribution in [0.1, 0.15) is 31.1 Å². The molecule has 4 nitrogen and oxygen atoms in total. The van der Waals surface area contributed by atoms with Crippen LogP contribution < -0.4 is 5.32 Å². The molecule has 2 rings (SSSR count). The van der Waals surface area contributed by atoms with E-state index in [2.05, 4.69) is 12.2 Å². The summed E-state index contributed by atoms with van der Waals surface area (Å²) in [4.78, 5) is 1.06. The molecular formula is C13H22N2O2S2. The summed E-state index contributed by atoms with van der Waals surface area (Å²) in [7, 11) is -1.40. The van der Waals surface area contributed by atoms with E-state index in [4.69, 9.17) is 0 Å². The van der Waals surface area contributed by atoms with Gasteiger partial charge in [-0.05, 0) is 37.9 Å². The van der Waals surface area contributed by atoms with Crippen molar-refractivity contribution in [3.63, 3.8) is 0 Å². The quantitative estimate of drug-likeness (QED) is 0.908. The van der Waals surface area contributed by atoms with Gasteiger partial charge in [-0.25, -0.2) is 8.42 Å². The van der Waals surface area contributed by atoms with E-state index in [1.807, 2.05) is 13.1 Å². The Bertz CT molecular complexity index is 502. The molecule has 6 heteroatoms. The summed E-state index contributed by atoms with van der Waals surface area (Å²) in [5.41, 5.74) is 0. The molecule has 0 radical (unpaired) electrons. The molecule has 2 heterocycles. The summed E-state index contributed by atoms with van der Waals surface area (Å²) < 4.78 is 27.2. The van der Waals surface area contributed by atoms with Crippen LogP contribution in [-0.4, -0.2) is 32.9 Å². The van der Waals surface area contributed by atoms with Gasteiger partial charge in [0.05, 0.1) is 0 Å². The topological polar surface area (TPSA) is 49.4 Å². The Morgan fingerprint density at radius 3 is 2.63 bits per heavy atom. The van der Waals surface area contributed by atoms with Crippen molar-refractivity contribution >= 4 is 21.4 Å². The van der Waals surface area contributed by atoms with E-state index in [0.717, 1.165) is 30.7 Å². The summed E-state index contributed by atoms with van der Waals surface area (Å²) in [5, 5.41) is 3.04. The maximum absolute atomic E-state index is 12.5. The van der Waals surface area contributed by atoms with Crippen LogP contribution in [0.2, 0.25) is 0 Å². The van der Waals surface area contributed by atoms with Crippen molar-refractivity contribution in [3.05, 3.63) is 17.0 Å². The Kier molecular flexibility index (Phi) is 5.00. The van der Waals surface area contributed by atoms with Gasteiger partial charge in [-0.1, -0.05) is 13.3 Å². The fourth-order valence-electron chi connectivity index (χ4n) is 2.45. The highest BCUT2D eigenvalue weighted by Gasteiger charge is 2.29. The fraction of sp³-hybridized carbons (Fsp3) is 0.692. The van der Waals surface area contributed by atoms with Gasteiger partial charge in [0.2, 0.25) is 0 Å². The Balaban J connectivity index is 2.09. The molecule has 0 atom stereocenters. The largest absolute Gasteiger partial charge is 0.315 e. The average molecular weight is 302 g/mol. The number of nitrogens with one attached hydrogen (secondary N) is 1. The van der Waals surface area contributed by atoms with Gasteiger partial charge in [-0.2, -0.15) is 4.31 Å². The summed E-state index contributed by atoms with van der Waals surface area (Å²) >= 11 is 1.37. The molecule has 1 fully saturated rings. The van der Waals surface area contributed by atoms with Gasteiger partial charge in [0.25, 0.3) is 10.0 Å². The van der Waals surface area contributed by atoms with E-state index in [-0.39, 0.29) is 0 Å². The SMILES string of the molecule is CCC1CCN(S(=O)(=O)c2ccc(CNC)s2)CC1. The van der Waals surface area contributed by atoms with Crippen LogP contribution in [0, 0.1) is 5.92 Å². The maximum atomic E-state index is 12.5. The highest BCUT2D eigenvalue weighted by molar-refractivity contribution is 7.91. The van der Waals surface area contributed by atoms with Crippen molar-refractivity contribution in [2.75, 3.05) is 20.1 Å². The van der Waals surface area contributed by atoms with E-state index < -0.39 is 10.0 Å². The third-order valence-corrected chi connectivity index (χ3v) is 7.18. The first-order valence-corrected chi connectivity index (χ1v) is 9.07. The second-order valence-corrected chi connectivity index (χ2v) is 8.34. The minimum absolute atomic E-state index is 0.479. The van der Waals surface area contributed by atoms with E-state index in [1.165, 1.54) is 11.3 Å². The first-order valence-electron chi connectivity index (χ1n) is 6.81. The normalized spacial score (nSPS) is 18.8. The van der Waals surface area contributed by atoms with Gasteiger partial charge in [0, 0.05) is 24.5 Å². The molecule has 0 unspecified atom stereocenters. The van der Waals surface area contributed by atoms with Crippen molar-refractivity contribution in [1.29, 1.82) is 0 Å².